The van der Waals surface area contributed by atoms with Gasteiger partial charge in [0.15, 0.2) is 6.04 Å². The maximum atomic E-state index is 12.5. The third-order valence-corrected chi connectivity index (χ3v) is 4.43. The Kier molecular flexibility index (Phi) is 6.54. The van der Waals surface area contributed by atoms with E-state index in [1.807, 2.05) is 43.3 Å². The highest BCUT2D eigenvalue weighted by Crippen LogP contribution is 2.22. The van der Waals surface area contributed by atoms with E-state index in [0.717, 1.165) is 11.4 Å². The van der Waals surface area contributed by atoms with Crippen LogP contribution in [-0.2, 0) is 4.79 Å². The van der Waals surface area contributed by atoms with Crippen molar-refractivity contribution in [3.8, 4) is 0 Å². The fraction of sp³-hybridized carbons (Fsp3) is 0.130. The van der Waals surface area contributed by atoms with Crippen LogP contribution in [0.25, 0.3) is 0 Å². The lowest BCUT2D eigenvalue weighted by molar-refractivity contribution is -0.139. The molecular weight excluding hydrogens is 380 g/mol. The molecule has 0 aliphatic rings. The number of carboxylic acids is 1. The van der Waals surface area contributed by atoms with Crippen LogP contribution in [0.3, 0.4) is 0 Å². The number of carboxylic acid groups (broad SMARTS) is 1. The second kappa shape index (κ2) is 9.47. The number of hydrogen-bond acceptors (Lipinski definition) is 5. The van der Waals surface area contributed by atoms with Crippen molar-refractivity contribution < 1.29 is 14.7 Å². The van der Waals surface area contributed by atoms with E-state index in [1.165, 1.54) is 0 Å². The summed E-state index contributed by atoms with van der Waals surface area (Å²) >= 11 is 0. The minimum atomic E-state index is -1.12. The van der Waals surface area contributed by atoms with E-state index < -0.39 is 17.9 Å². The molecule has 7 nitrogen and oxygen atoms in total. The highest BCUT2D eigenvalue weighted by Gasteiger charge is 2.22. The van der Waals surface area contributed by atoms with E-state index in [1.54, 1.807) is 54.6 Å². The average Bonchev–Trinajstić information content (AvgIpc) is 2.77. The third kappa shape index (κ3) is 5.29. The van der Waals surface area contributed by atoms with Crippen LogP contribution < -0.4 is 10.2 Å². The first kappa shape index (κ1) is 20.7. The van der Waals surface area contributed by atoms with Gasteiger partial charge in [0, 0.05) is 25.3 Å². The topological polar surface area (TPSA) is 94.4 Å². The number of amides is 1. The molecule has 1 atom stereocenters. The number of hydrogen-bond donors (Lipinski definition) is 2. The summed E-state index contributed by atoms with van der Waals surface area (Å²) in [5.41, 5.74) is 3.21. The summed E-state index contributed by atoms with van der Waals surface area (Å²) < 4.78 is 0. The van der Waals surface area contributed by atoms with Crippen molar-refractivity contribution in [1.82, 2.24) is 5.32 Å². The van der Waals surface area contributed by atoms with Gasteiger partial charge in [-0.2, -0.15) is 10.2 Å². The van der Waals surface area contributed by atoms with Gasteiger partial charge < -0.3 is 15.3 Å². The number of nitrogens with one attached hydrogen (secondary N) is 1. The fourth-order valence-electron chi connectivity index (χ4n) is 2.76. The van der Waals surface area contributed by atoms with Gasteiger partial charge in [-0.15, -0.1) is 0 Å². The van der Waals surface area contributed by atoms with Crippen LogP contribution >= 0.6 is 0 Å². The van der Waals surface area contributed by atoms with Gasteiger partial charge in [-0.1, -0.05) is 30.3 Å². The van der Waals surface area contributed by atoms with Gasteiger partial charge in [0.05, 0.1) is 11.4 Å². The molecular formula is C23H22N4O3. The normalized spacial score (nSPS) is 11.8. The first-order valence-electron chi connectivity index (χ1n) is 9.32. The van der Waals surface area contributed by atoms with Gasteiger partial charge in [-0.05, 0) is 54.1 Å². The zero-order valence-electron chi connectivity index (χ0n) is 16.7. The molecule has 0 saturated carbocycles. The second-order valence-corrected chi connectivity index (χ2v) is 6.81. The Morgan fingerprint density at radius 3 is 1.87 bits per heavy atom. The molecule has 0 aliphatic heterocycles. The molecule has 3 aromatic rings. The van der Waals surface area contributed by atoms with E-state index in [2.05, 4.69) is 15.5 Å². The standard InChI is InChI=1S/C23H22N4O3/c1-27(2)20-14-12-19(13-15-20)26-25-18-10-8-17(9-11-18)22(28)24-21(23(29)30)16-6-4-3-5-7-16/h3-15,21H,1-2H3,(H,24,28)(H,29,30). The highest BCUT2D eigenvalue weighted by atomic mass is 16.4. The number of benzene rings is 3. The zero-order valence-corrected chi connectivity index (χ0v) is 16.7. The fourth-order valence-corrected chi connectivity index (χ4v) is 2.76. The van der Waals surface area contributed by atoms with E-state index in [-0.39, 0.29) is 0 Å². The predicted molar refractivity (Wildman–Crippen MR) is 116 cm³/mol. The zero-order chi connectivity index (χ0) is 21.5. The van der Waals surface area contributed by atoms with Crippen molar-refractivity contribution in [3.63, 3.8) is 0 Å². The minimum Gasteiger partial charge on any atom is -0.479 e. The smallest absolute Gasteiger partial charge is 0.330 e. The van der Waals surface area contributed by atoms with Crippen LogP contribution in [0.1, 0.15) is 22.0 Å². The number of rotatable bonds is 7. The number of nitrogens with zero attached hydrogens (tertiary/aromatic N) is 3. The molecule has 0 fully saturated rings. The minimum absolute atomic E-state index is 0.339. The number of carbonyl (C=O) groups excluding carboxylic acids is 1. The predicted octanol–water partition coefficient (Wildman–Crippen LogP) is 4.72. The van der Waals surface area contributed by atoms with E-state index in [0.29, 0.717) is 16.8 Å². The van der Waals surface area contributed by atoms with E-state index in [4.69, 9.17) is 0 Å². The molecule has 1 amide bonds. The Bertz CT molecular complexity index is 1030. The van der Waals surface area contributed by atoms with Gasteiger partial charge in [-0.3, -0.25) is 4.79 Å². The first-order valence-corrected chi connectivity index (χ1v) is 9.32. The van der Waals surface area contributed by atoms with Crippen molar-refractivity contribution in [3.05, 3.63) is 90.0 Å². The van der Waals surface area contributed by atoms with Gasteiger partial charge in [-0.25, -0.2) is 4.79 Å². The third-order valence-electron chi connectivity index (χ3n) is 4.43. The molecule has 3 aromatic carbocycles. The molecule has 1 unspecified atom stereocenters. The average molecular weight is 402 g/mol. The Labute approximate surface area is 174 Å². The molecule has 2 N–H and O–H groups in total. The van der Waals surface area contributed by atoms with Crippen molar-refractivity contribution in [2.24, 2.45) is 10.2 Å². The molecule has 30 heavy (non-hydrogen) atoms. The van der Waals surface area contributed by atoms with Crippen LogP contribution in [0.5, 0.6) is 0 Å². The van der Waals surface area contributed by atoms with Gasteiger partial charge in [0.1, 0.15) is 0 Å². The molecule has 3 rings (SSSR count). The van der Waals surface area contributed by atoms with Gasteiger partial charge in [0.25, 0.3) is 5.91 Å². The number of aliphatic carboxylic acids is 1. The summed E-state index contributed by atoms with van der Waals surface area (Å²) in [5.74, 6) is -1.60. The maximum absolute atomic E-state index is 12.5. The van der Waals surface area contributed by atoms with Gasteiger partial charge in [0.2, 0.25) is 0 Å². The summed E-state index contributed by atoms with van der Waals surface area (Å²) in [4.78, 5) is 26.0. The summed E-state index contributed by atoms with van der Waals surface area (Å²) in [5, 5.41) is 20.4. The molecule has 0 radical (unpaired) electrons. The van der Waals surface area contributed by atoms with E-state index >= 15 is 0 Å². The van der Waals surface area contributed by atoms with Crippen molar-refractivity contribution in [2.45, 2.75) is 6.04 Å². The number of azo groups is 1. The van der Waals surface area contributed by atoms with Crippen molar-refractivity contribution >= 4 is 28.9 Å². The second-order valence-electron chi connectivity index (χ2n) is 6.81. The lowest BCUT2D eigenvalue weighted by Gasteiger charge is -2.15. The molecule has 0 aromatic heterocycles. The molecule has 0 bridgehead atoms. The monoisotopic (exact) mass is 402 g/mol. The SMILES string of the molecule is CN(C)c1ccc(N=Nc2ccc(C(=O)NC(C(=O)O)c3ccccc3)cc2)cc1. The molecule has 0 aliphatic carbocycles. The number of carbonyl (C=O) groups is 2. The summed E-state index contributed by atoms with van der Waals surface area (Å²) in [6, 6.07) is 21.6. The quantitative estimate of drug-likeness (QED) is 0.559. The lowest BCUT2D eigenvalue weighted by atomic mass is 10.1. The Hall–Kier alpha value is -4.00. The van der Waals surface area contributed by atoms with Crippen LogP contribution in [-0.4, -0.2) is 31.1 Å². The Balaban J connectivity index is 1.67. The number of anilines is 1. The molecule has 152 valence electrons. The van der Waals surface area contributed by atoms with Crippen LogP contribution in [0.15, 0.2) is 89.1 Å². The summed E-state index contributed by atoms with van der Waals surface area (Å²) in [6.07, 6.45) is 0. The first-order chi connectivity index (χ1) is 14.4. The summed E-state index contributed by atoms with van der Waals surface area (Å²) in [7, 11) is 3.93. The highest BCUT2D eigenvalue weighted by molar-refractivity contribution is 5.97. The summed E-state index contributed by atoms with van der Waals surface area (Å²) in [6.45, 7) is 0. The van der Waals surface area contributed by atoms with Crippen LogP contribution in [0.2, 0.25) is 0 Å². The Morgan fingerprint density at radius 2 is 1.37 bits per heavy atom. The van der Waals surface area contributed by atoms with Crippen molar-refractivity contribution in [2.75, 3.05) is 19.0 Å². The van der Waals surface area contributed by atoms with Crippen LogP contribution in [0.4, 0.5) is 17.1 Å². The lowest BCUT2D eigenvalue weighted by Crippen LogP contribution is -2.33. The van der Waals surface area contributed by atoms with Crippen LogP contribution in [0, 0.1) is 0 Å². The van der Waals surface area contributed by atoms with Crippen molar-refractivity contribution in [1.29, 1.82) is 0 Å². The molecule has 0 heterocycles. The molecule has 7 heteroatoms. The molecule has 0 spiro atoms. The maximum Gasteiger partial charge on any atom is 0.330 e. The largest absolute Gasteiger partial charge is 0.479 e. The molecule has 0 saturated heterocycles. The van der Waals surface area contributed by atoms with E-state index in [9.17, 15) is 14.7 Å². The van der Waals surface area contributed by atoms with Gasteiger partial charge >= 0.3 is 5.97 Å². The Morgan fingerprint density at radius 1 is 0.833 bits per heavy atom.